The van der Waals surface area contributed by atoms with E-state index in [1.54, 1.807) is 12.1 Å². The van der Waals surface area contributed by atoms with Gasteiger partial charge in [-0.2, -0.15) is 0 Å². The summed E-state index contributed by atoms with van der Waals surface area (Å²) in [6.45, 7) is 0.548. The molecule has 0 unspecified atom stereocenters. The second-order valence-electron chi connectivity index (χ2n) is 6.21. The number of aromatic hydroxyl groups is 1. The van der Waals surface area contributed by atoms with Crippen LogP contribution in [0.15, 0.2) is 59.7 Å². The van der Waals surface area contributed by atoms with Crippen LogP contribution in [0.25, 0.3) is 10.4 Å². The SMILES string of the molecule is [N-]=[N+]=NCCCNC(=O)OC[C@H](Cc1ccccc1)NC(=O)c1ccccc1O. The number of nitrogens with one attached hydrogen (secondary N) is 2. The molecule has 3 N–H and O–H groups in total. The molecule has 0 aliphatic rings. The number of carbonyl (C=O) groups excluding carboxylic acids is 2. The van der Waals surface area contributed by atoms with E-state index >= 15 is 0 Å². The third kappa shape index (κ3) is 7.82. The zero-order valence-electron chi connectivity index (χ0n) is 15.8. The first-order chi connectivity index (χ1) is 14.1. The molecule has 0 saturated carbocycles. The van der Waals surface area contributed by atoms with Crippen LogP contribution >= 0.6 is 0 Å². The van der Waals surface area contributed by atoms with Crippen LogP contribution in [-0.2, 0) is 11.2 Å². The van der Waals surface area contributed by atoms with Gasteiger partial charge in [-0.3, -0.25) is 4.79 Å². The molecule has 0 radical (unpaired) electrons. The Bertz CT molecular complexity index is 853. The molecule has 0 saturated heterocycles. The lowest BCUT2D eigenvalue weighted by molar-refractivity contribution is 0.0890. The number of rotatable bonds is 10. The van der Waals surface area contributed by atoms with Crippen LogP contribution in [0, 0.1) is 0 Å². The summed E-state index contributed by atoms with van der Waals surface area (Å²) in [4.78, 5) is 27.0. The number of amides is 2. The number of hydrogen-bond donors (Lipinski definition) is 3. The van der Waals surface area contributed by atoms with Crippen molar-refractivity contribution in [3.05, 3.63) is 76.2 Å². The number of nitrogens with zero attached hydrogens (tertiary/aromatic N) is 3. The number of para-hydroxylation sites is 1. The molecule has 0 fully saturated rings. The molecule has 2 aromatic carbocycles. The molecule has 2 amide bonds. The molecule has 152 valence electrons. The minimum atomic E-state index is -0.624. The summed E-state index contributed by atoms with van der Waals surface area (Å²) in [6, 6.07) is 15.2. The van der Waals surface area contributed by atoms with Gasteiger partial charge in [-0.1, -0.05) is 47.6 Å². The summed E-state index contributed by atoms with van der Waals surface area (Å²) in [5.74, 6) is -0.579. The molecule has 0 aliphatic heterocycles. The van der Waals surface area contributed by atoms with E-state index in [1.807, 2.05) is 30.3 Å². The van der Waals surface area contributed by atoms with E-state index < -0.39 is 18.0 Å². The lowest BCUT2D eigenvalue weighted by Gasteiger charge is -2.19. The van der Waals surface area contributed by atoms with Gasteiger partial charge in [0, 0.05) is 18.0 Å². The van der Waals surface area contributed by atoms with Crippen LogP contribution in [0.5, 0.6) is 5.75 Å². The van der Waals surface area contributed by atoms with Crippen LogP contribution in [-0.4, -0.2) is 42.8 Å². The summed E-state index contributed by atoms with van der Waals surface area (Å²) in [6.07, 6.45) is 0.321. The summed E-state index contributed by atoms with van der Waals surface area (Å²) < 4.78 is 5.22. The van der Waals surface area contributed by atoms with E-state index in [9.17, 15) is 14.7 Å². The Balaban J connectivity index is 1.94. The Morgan fingerprint density at radius 2 is 1.86 bits per heavy atom. The molecular formula is C20H23N5O4. The largest absolute Gasteiger partial charge is 0.507 e. The predicted molar refractivity (Wildman–Crippen MR) is 107 cm³/mol. The van der Waals surface area contributed by atoms with Crippen LogP contribution in [0.3, 0.4) is 0 Å². The Hall–Kier alpha value is -3.71. The fourth-order valence-corrected chi connectivity index (χ4v) is 2.59. The van der Waals surface area contributed by atoms with Crippen molar-refractivity contribution >= 4 is 12.0 Å². The maximum absolute atomic E-state index is 12.5. The van der Waals surface area contributed by atoms with Gasteiger partial charge in [-0.05, 0) is 36.1 Å². The van der Waals surface area contributed by atoms with Crippen molar-refractivity contribution < 1.29 is 19.4 Å². The van der Waals surface area contributed by atoms with Crippen molar-refractivity contribution in [2.24, 2.45) is 5.11 Å². The molecule has 1 atom stereocenters. The van der Waals surface area contributed by atoms with Gasteiger partial charge >= 0.3 is 6.09 Å². The molecule has 9 nitrogen and oxygen atoms in total. The Kier molecular flexibility index (Phi) is 8.85. The fraction of sp³-hybridized carbons (Fsp3) is 0.300. The minimum Gasteiger partial charge on any atom is -0.507 e. The van der Waals surface area contributed by atoms with Gasteiger partial charge in [0.1, 0.15) is 12.4 Å². The van der Waals surface area contributed by atoms with E-state index in [4.69, 9.17) is 10.3 Å². The molecule has 0 spiro atoms. The van der Waals surface area contributed by atoms with Crippen molar-refractivity contribution in [1.29, 1.82) is 0 Å². The fourth-order valence-electron chi connectivity index (χ4n) is 2.59. The van der Waals surface area contributed by atoms with Crippen molar-refractivity contribution in [3.8, 4) is 5.75 Å². The van der Waals surface area contributed by atoms with Gasteiger partial charge in [0.15, 0.2) is 0 Å². The smallest absolute Gasteiger partial charge is 0.407 e. The second kappa shape index (κ2) is 11.9. The summed E-state index contributed by atoms with van der Waals surface area (Å²) in [5, 5.41) is 18.6. The molecule has 0 heterocycles. The Morgan fingerprint density at radius 3 is 2.59 bits per heavy atom. The van der Waals surface area contributed by atoms with Crippen molar-refractivity contribution in [2.75, 3.05) is 19.7 Å². The number of phenolic OH excluding ortho intramolecular Hbond substituents is 1. The second-order valence-corrected chi connectivity index (χ2v) is 6.21. The zero-order chi connectivity index (χ0) is 20.9. The van der Waals surface area contributed by atoms with Crippen LogP contribution < -0.4 is 10.6 Å². The number of alkyl carbamates (subject to hydrolysis) is 1. The minimum absolute atomic E-state index is 0.0452. The molecular weight excluding hydrogens is 374 g/mol. The topological polar surface area (TPSA) is 136 Å². The summed E-state index contributed by atoms with van der Waals surface area (Å²) >= 11 is 0. The molecule has 2 aromatic rings. The van der Waals surface area contributed by atoms with Crippen LogP contribution in [0.1, 0.15) is 22.3 Å². The number of benzene rings is 2. The van der Waals surface area contributed by atoms with Crippen molar-refractivity contribution in [3.63, 3.8) is 0 Å². The molecule has 29 heavy (non-hydrogen) atoms. The maximum Gasteiger partial charge on any atom is 0.407 e. The molecule has 9 heteroatoms. The van der Waals surface area contributed by atoms with Crippen molar-refractivity contribution in [1.82, 2.24) is 10.6 Å². The standard InChI is InChI=1S/C20H23N5O4/c21-25-23-12-6-11-22-20(28)29-14-16(13-15-7-2-1-3-8-15)24-19(27)17-9-4-5-10-18(17)26/h1-5,7-10,16,26H,6,11-14H2,(H,22,28)(H,24,27)/t16-/m0/s1. The first-order valence-electron chi connectivity index (χ1n) is 9.14. The maximum atomic E-state index is 12.5. The molecule has 0 aliphatic carbocycles. The monoisotopic (exact) mass is 397 g/mol. The Labute approximate surface area is 168 Å². The van der Waals surface area contributed by atoms with Crippen molar-refractivity contribution in [2.45, 2.75) is 18.9 Å². The van der Waals surface area contributed by atoms with Gasteiger partial charge in [0.05, 0.1) is 11.6 Å². The number of ether oxygens (including phenoxy) is 1. The van der Waals surface area contributed by atoms with Gasteiger partial charge < -0.3 is 20.5 Å². The van der Waals surface area contributed by atoms with Crippen LogP contribution in [0.2, 0.25) is 0 Å². The number of azide groups is 1. The van der Waals surface area contributed by atoms with E-state index in [0.717, 1.165) is 5.56 Å². The molecule has 0 aromatic heterocycles. The predicted octanol–water partition coefficient (Wildman–Crippen LogP) is 3.16. The zero-order valence-corrected chi connectivity index (χ0v) is 15.8. The normalized spacial score (nSPS) is 11.0. The lowest BCUT2D eigenvalue weighted by Crippen LogP contribution is -2.41. The van der Waals surface area contributed by atoms with Gasteiger partial charge in [0.25, 0.3) is 5.91 Å². The Morgan fingerprint density at radius 1 is 1.14 bits per heavy atom. The summed E-state index contributed by atoms with van der Waals surface area (Å²) in [5.41, 5.74) is 9.32. The average molecular weight is 397 g/mol. The van der Waals surface area contributed by atoms with Gasteiger partial charge in [-0.15, -0.1) is 0 Å². The third-order valence-corrected chi connectivity index (χ3v) is 3.99. The number of phenols is 1. The molecule has 2 rings (SSSR count). The van der Waals surface area contributed by atoms with Gasteiger partial charge in [0.2, 0.25) is 0 Å². The third-order valence-electron chi connectivity index (χ3n) is 3.99. The lowest BCUT2D eigenvalue weighted by atomic mass is 10.1. The van der Waals surface area contributed by atoms with E-state index in [2.05, 4.69) is 20.7 Å². The quantitative estimate of drug-likeness (QED) is 0.245. The van der Waals surface area contributed by atoms with E-state index in [1.165, 1.54) is 12.1 Å². The van der Waals surface area contributed by atoms with Gasteiger partial charge in [-0.25, -0.2) is 4.79 Å². The van der Waals surface area contributed by atoms with E-state index in [0.29, 0.717) is 19.4 Å². The first kappa shape index (κ1) is 21.6. The highest BCUT2D eigenvalue weighted by Gasteiger charge is 2.18. The average Bonchev–Trinajstić information content (AvgIpc) is 2.73. The highest BCUT2D eigenvalue weighted by molar-refractivity contribution is 5.96. The number of carbonyl (C=O) groups is 2. The summed E-state index contributed by atoms with van der Waals surface area (Å²) in [7, 11) is 0. The number of hydrogen-bond acceptors (Lipinski definition) is 5. The highest BCUT2D eigenvalue weighted by Crippen LogP contribution is 2.15. The highest BCUT2D eigenvalue weighted by atomic mass is 16.5. The van der Waals surface area contributed by atoms with E-state index in [-0.39, 0.29) is 24.5 Å². The first-order valence-corrected chi connectivity index (χ1v) is 9.14. The molecule has 0 bridgehead atoms. The van der Waals surface area contributed by atoms with Crippen LogP contribution in [0.4, 0.5) is 4.79 Å².